The molecule has 0 aliphatic carbocycles. The van der Waals surface area contributed by atoms with Crippen molar-refractivity contribution in [3.05, 3.63) is 17.0 Å². The maximum absolute atomic E-state index is 12.6. The van der Waals surface area contributed by atoms with Crippen molar-refractivity contribution in [3.8, 4) is 0 Å². The van der Waals surface area contributed by atoms with Crippen LogP contribution in [0.25, 0.3) is 0 Å². The highest BCUT2D eigenvalue weighted by Crippen LogP contribution is 2.25. The first-order valence-electron chi connectivity index (χ1n) is 6.93. The van der Waals surface area contributed by atoms with Gasteiger partial charge in [0.1, 0.15) is 9.20 Å². The van der Waals surface area contributed by atoms with Crippen molar-refractivity contribution < 1.29 is 8.42 Å². The molecule has 1 fully saturated rings. The SMILES string of the molecule is CC(C)CN1CCN(S(=O)(=O)c2ccc(C(N)=S)s2)CC1. The maximum atomic E-state index is 12.6. The molecule has 2 N–H and O–H groups in total. The van der Waals surface area contributed by atoms with Crippen molar-refractivity contribution >= 4 is 38.6 Å². The molecule has 0 aromatic carbocycles. The Hall–Kier alpha value is -0.540. The van der Waals surface area contributed by atoms with E-state index in [1.807, 2.05) is 0 Å². The van der Waals surface area contributed by atoms with E-state index >= 15 is 0 Å². The zero-order chi connectivity index (χ0) is 15.6. The highest BCUT2D eigenvalue weighted by Gasteiger charge is 2.29. The van der Waals surface area contributed by atoms with Crippen LogP contribution in [0.2, 0.25) is 0 Å². The molecule has 0 spiro atoms. The minimum absolute atomic E-state index is 0.239. The van der Waals surface area contributed by atoms with E-state index in [2.05, 4.69) is 18.7 Å². The van der Waals surface area contributed by atoms with Gasteiger partial charge in [0, 0.05) is 32.7 Å². The van der Waals surface area contributed by atoms with Gasteiger partial charge in [-0.25, -0.2) is 8.42 Å². The van der Waals surface area contributed by atoms with Crippen molar-refractivity contribution in [2.75, 3.05) is 32.7 Å². The summed E-state index contributed by atoms with van der Waals surface area (Å²) in [6.45, 7) is 8.00. The molecular weight excluding hydrogens is 326 g/mol. The summed E-state index contributed by atoms with van der Waals surface area (Å²) >= 11 is 6.03. The van der Waals surface area contributed by atoms with Gasteiger partial charge in [-0.1, -0.05) is 26.1 Å². The van der Waals surface area contributed by atoms with Crippen LogP contribution in [0.3, 0.4) is 0 Å². The van der Waals surface area contributed by atoms with Crippen LogP contribution in [0.4, 0.5) is 0 Å². The van der Waals surface area contributed by atoms with Gasteiger partial charge in [0.15, 0.2) is 0 Å². The second kappa shape index (κ2) is 6.70. The molecule has 2 rings (SSSR count). The maximum Gasteiger partial charge on any atom is 0.252 e. The summed E-state index contributed by atoms with van der Waals surface area (Å²) in [5.41, 5.74) is 5.54. The van der Waals surface area contributed by atoms with E-state index < -0.39 is 10.0 Å². The predicted molar refractivity (Wildman–Crippen MR) is 90.2 cm³/mol. The molecule has 1 saturated heterocycles. The van der Waals surface area contributed by atoms with E-state index in [0.717, 1.165) is 31.0 Å². The van der Waals surface area contributed by atoms with Gasteiger partial charge in [0.25, 0.3) is 10.0 Å². The number of nitrogens with zero attached hydrogens (tertiary/aromatic N) is 2. The summed E-state index contributed by atoms with van der Waals surface area (Å²) in [6.07, 6.45) is 0. The van der Waals surface area contributed by atoms with Gasteiger partial charge in [-0.2, -0.15) is 4.31 Å². The van der Waals surface area contributed by atoms with Crippen molar-refractivity contribution in [1.29, 1.82) is 0 Å². The Bertz CT molecular complexity index is 602. The summed E-state index contributed by atoms with van der Waals surface area (Å²) in [5, 5.41) is 0. The van der Waals surface area contributed by atoms with Gasteiger partial charge < -0.3 is 10.6 Å². The molecule has 1 aliphatic rings. The normalized spacial score (nSPS) is 18.2. The van der Waals surface area contributed by atoms with Crippen LogP contribution in [-0.2, 0) is 10.0 Å². The molecule has 0 radical (unpaired) electrons. The Labute approximate surface area is 135 Å². The number of nitrogens with two attached hydrogens (primary N) is 1. The van der Waals surface area contributed by atoms with Gasteiger partial charge in [-0.15, -0.1) is 11.3 Å². The van der Waals surface area contributed by atoms with Crippen molar-refractivity contribution in [1.82, 2.24) is 9.21 Å². The topological polar surface area (TPSA) is 66.6 Å². The first kappa shape index (κ1) is 16.8. The zero-order valence-corrected chi connectivity index (χ0v) is 14.7. The quantitative estimate of drug-likeness (QED) is 0.815. The average Bonchev–Trinajstić information content (AvgIpc) is 2.89. The van der Waals surface area contributed by atoms with Crippen LogP contribution in [0.5, 0.6) is 0 Å². The predicted octanol–water partition coefficient (Wildman–Crippen LogP) is 1.34. The number of rotatable bonds is 5. The average molecular weight is 348 g/mol. The third-order valence-electron chi connectivity index (χ3n) is 3.37. The first-order chi connectivity index (χ1) is 9.80. The highest BCUT2D eigenvalue weighted by atomic mass is 32.2. The second-order valence-electron chi connectivity index (χ2n) is 5.58. The van der Waals surface area contributed by atoms with E-state index in [4.69, 9.17) is 18.0 Å². The van der Waals surface area contributed by atoms with Crippen molar-refractivity contribution in [2.24, 2.45) is 11.7 Å². The van der Waals surface area contributed by atoms with Crippen LogP contribution < -0.4 is 5.73 Å². The lowest BCUT2D eigenvalue weighted by atomic mass is 10.2. The summed E-state index contributed by atoms with van der Waals surface area (Å²) in [4.78, 5) is 3.19. The van der Waals surface area contributed by atoms with Crippen LogP contribution in [0.15, 0.2) is 16.3 Å². The largest absolute Gasteiger partial charge is 0.389 e. The molecule has 0 bridgehead atoms. The molecule has 1 aromatic heterocycles. The fourth-order valence-electron chi connectivity index (χ4n) is 2.39. The third-order valence-corrected chi connectivity index (χ3v) is 7.21. The molecule has 21 heavy (non-hydrogen) atoms. The lowest BCUT2D eigenvalue weighted by molar-refractivity contribution is 0.172. The van der Waals surface area contributed by atoms with Gasteiger partial charge in [0.05, 0.1) is 4.88 Å². The van der Waals surface area contributed by atoms with E-state index in [0.29, 0.717) is 28.1 Å². The number of hydrogen-bond donors (Lipinski definition) is 1. The summed E-state index contributed by atoms with van der Waals surface area (Å²) < 4.78 is 27.0. The first-order valence-corrected chi connectivity index (χ1v) is 9.59. The van der Waals surface area contributed by atoms with Crippen LogP contribution in [0, 0.1) is 5.92 Å². The lowest BCUT2D eigenvalue weighted by Crippen LogP contribution is -2.49. The Morgan fingerprint density at radius 3 is 2.43 bits per heavy atom. The van der Waals surface area contributed by atoms with E-state index in [1.165, 1.54) is 0 Å². The molecule has 1 aliphatic heterocycles. The Morgan fingerprint density at radius 2 is 1.95 bits per heavy atom. The van der Waals surface area contributed by atoms with Crippen molar-refractivity contribution in [3.63, 3.8) is 0 Å². The Morgan fingerprint density at radius 1 is 1.33 bits per heavy atom. The Balaban J connectivity index is 2.05. The Kier molecular flexibility index (Phi) is 5.37. The van der Waals surface area contributed by atoms with Crippen LogP contribution >= 0.6 is 23.6 Å². The highest BCUT2D eigenvalue weighted by molar-refractivity contribution is 7.91. The third kappa shape index (κ3) is 4.01. The lowest BCUT2D eigenvalue weighted by Gasteiger charge is -2.34. The molecule has 5 nitrogen and oxygen atoms in total. The van der Waals surface area contributed by atoms with Crippen LogP contribution in [0.1, 0.15) is 18.7 Å². The molecule has 0 amide bonds. The number of thiophene rings is 1. The summed E-state index contributed by atoms with van der Waals surface area (Å²) in [5.74, 6) is 0.596. The molecule has 8 heteroatoms. The van der Waals surface area contributed by atoms with Gasteiger partial charge in [-0.3, -0.25) is 0 Å². The molecule has 1 aromatic rings. The zero-order valence-electron chi connectivity index (χ0n) is 12.3. The molecule has 0 unspecified atom stereocenters. The van der Waals surface area contributed by atoms with Gasteiger partial charge in [-0.05, 0) is 18.1 Å². The molecule has 2 heterocycles. The van der Waals surface area contributed by atoms with E-state index in [1.54, 1.807) is 16.4 Å². The number of thiocarbonyl (C=S) groups is 1. The standard InChI is InChI=1S/C13H21N3O2S3/c1-10(2)9-15-5-7-16(8-6-15)21(17,18)12-4-3-11(20-12)13(14)19/h3-4,10H,5-9H2,1-2H3,(H2,14,19). The monoisotopic (exact) mass is 347 g/mol. The molecule has 0 saturated carbocycles. The minimum atomic E-state index is -3.42. The smallest absolute Gasteiger partial charge is 0.252 e. The van der Waals surface area contributed by atoms with Gasteiger partial charge in [0.2, 0.25) is 0 Å². The van der Waals surface area contributed by atoms with E-state index in [-0.39, 0.29) is 4.99 Å². The second-order valence-corrected chi connectivity index (χ2v) is 9.27. The summed E-state index contributed by atoms with van der Waals surface area (Å²) in [7, 11) is -3.42. The fourth-order valence-corrected chi connectivity index (χ4v) is 5.32. The van der Waals surface area contributed by atoms with Crippen molar-refractivity contribution in [2.45, 2.75) is 18.1 Å². The molecular formula is C13H21N3O2S3. The number of piperazine rings is 1. The fraction of sp³-hybridized carbons (Fsp3) is 0.615. The number of sulfonamides is 1. The molecule has 118 valence electrons. The number of hydrogen-bond acceptors (Lipinski definition) is 5. The molecule has 0 atom stereocenters. The van der Waals surface area contributed by atoms with Gasteiger partial charge >= 0.3 is 0 Å². The van der Waals surface area contributed by atoms with E-state index in [9.17, 15) is 8.42 Å². The van der Waals surface area contributed by atoms with Crippen LogP contribution in [-0.4, -0.2) is 55.3 Å². The minimum Gasteiger partial charge on any atom is -0.389 e. The summed E-state index contributed by atoms with van der Waals surface area (Å²) in [6, 6.07) is 3.27.